The monoisotopic (exact) mass is 314 g/mol. The molecular formula is C16H14N2OS2. The number of hydrogen-bond donors (Lipinski definition) is 2. The summed E-state index contributed by atoms with van der Waals surface area (Å²) in [5.41, 5.74) is 1.63. The number of pyridine rings is 1. The van der Waals surface area contributed by atoms with Crippen molar-refractivity contribution in [3.63, 3.8) is 0 Å². The molecule has 0 spiro atoms. The van der Waals surface area contributed by atoms with Crippen molar-refractivity contribution in [2.24, 2.45) is 0 Å². The summed E-state index contributed by atoms with van der Waals surface area (Å²) in [6, 6.07) is 11.6. The van der Waals surface area contributed by atoms with Gasteiger partial charge in [-0.15, -0.1) is 11.3 Å². The van der Waals surface area contributed by atoms with Gasteiger partial charge in [0.1, 0.15) is 4.64 Å². The van der Waals surface area contributed by atoms with Gasteiger partial charge in [-0.05, 0) is 41.5 Å². The van der Waals surface area contributed by atoms with Crippen LogP contribution in [0.3, 0.4) is 0 Å². The van der Waals surface area contributed by atoms with Crippen molar-refractivity contribution < 1.29 is 4.79 Å². The molecule has 5 heteroatoms. The molecule has 0 bridgehead atoms. The molecule has 21 heavy (non-hydrogen) atoms. The van der Waals surface area contributed by atoms with Crippen LogP contribution in [0.25, 0.3) is 10.1 Å². The predicted octanol–water partition coefficient (Wildman–Crippen LogP) is 4.45. The van der Waals surface area contributed by atoms with Crippen LogP contribution in [0.1, 0.15) is 28.9 Å². The van der Waals surface area contributed by atoms with Crippen LogP contribution >= 0.6 is 23.6 Å². The summed E-state index contributed by atoms with van der Waals surface area (Å²) in [6.45, 7) is 1.99. The summed E-state index contributed by atoms with van der Waals surface area (Å²) in [6.07, 6.45) is 1.72. The number of thiophene rings is 1. The molecule has 0 fully saturated rings. The lowest BCUT2D eigenvalue weighted by Gasteiger charge is -2.13. The molecule has 1 atom stereocenters. The van der Waals surface area contributed by atoms with Gasteiger partial charge in [0.2, 0.25) is 0 Å². The number of benzene rings is 1. The topological polar surface area (TPSA) is 44.9 Å². The summed E-state index contributed by atoms with van der Waals surface area (Å²) >= 11 is 6.83. The number of amides is 1. The fourth-order valence-electron chi connectivity index (χ4n) is 2.29. The SMILES string of the molecule is CC(NC(=O)c1ccc[nH]c1=S)c1csc2ccccc12. The zero-order valence-corrected chi connectivity index (χ0v) is 13.1. The molecule has 0 aliphatic carbocycles. The van der Waals surface area contributed by atoms with E-state index in [2.05, 4.69) is 27.8 Å². The van der Waals surface area contributed by atoms with Crippen LogP contribution in [-0.4, -0.2) is 10.9 Å². The maximum atomic E-state index is 12.3. The van der Waals surface area contributed by atoms with Crippen LogP contribution in [0.2, 0.25) is 0 Å². The van der Waals surface area contributed by atoms with E-state index in [1.54, 1.807) is 29.7 Å². The smallest absolute Gasteiger partial charge is 0.254 e. The molecule has 1 unspecified atom stereocenters. The third-order valence-corrected chi connectivity index (χ3v) is 4.71. The molecule has 0 saturated heterocycles. The first kappa shape index (κ1) is 14.0. The van der Waals surface area contributed by atoms with Gasteiger partial charge in [-0.25, -0.2) is 0 Å². The second-order valence-electron chi connectivity index (χ2n) is 4.80. The average Bonchev–Trinajstić information content (AvgIpc) is 2.91. The first-order valence-electron chi connectivity index (χ1n) is 6.61. The van der Waals surface area contributed by atoms with Gasteiger partial charge in [0, 0.05) is 10.9 Å². The van der Waals surface area contributed by atoms with Crippen molar-refractivity contribution >= 4 is 39.5 Å². The van der Waals surface area contributed by atoms with E-state index < -0.39 is 0 Å². The molecule has 1 aromatic carbocycles. The Morgan fingerprint density at radius 2 is 2.10 bits per heavy atom. The van der Waals surface area contributed by atoms with Crippen LogP contribution in [0.15, 0.2) is 48.0 Å². The number of aromatic amines is 1. The van der Waals surface area contributed by atoms with Gasteiger partial charge in [0.25, 0.3) is 5.91 Å². The lowest BCUT2D eigenvalue weighted by molar-refractivity contribution is 0.0939. The maximum absolute atomic E-state index is 12.3. The minimum atomic E-state index is -0.153. The van der Waals surface area contributed by atoms with E-state index in [0.29, 0.717) is 10.2 Å². The highest BCUT2D eigenvalue weighted by Gasteiger charge is 2.15. The Bertz CT molecular complexity index is 850. The first-order valence-corrected chi connectivity index (χ1v) is 7.90. The quantitative estimate of drug-likeness (QED) is 0.702. The molecule has 106 valence electrons. The Balaban J connectivity index is 1.87. The Labute approximate surface area is 131 Å². The van der Waals surface area contributed by atoms with Crippen molar-refractivity contribution in [3.8, 4) is 0 Å². The van der Waals surface area contributed by atoms with Gasteiger partial charge in [-0.1, -0.05) is 30.4 Å². The van der Waals surface area contributed by atoms with Gasteiger partial charge >= 0.3 is 0 Å². The van der Waals surface area contributed by atoms with E-state index in [1.165, 1.54) is 10.1 Å². The lowest BCUT2D eigenvalue weighted by Crippen LogP contribution is -2.26. The van der Waals surface area contributed by atoms with Crippen LogP contribution in [0.5, 0.6) is 0 Å². The van der Waals surface area contributed by atoms with Crippen molar-refractivity contribution in [2.75, 3.05) is 0 Å². The van der Waals surface area contributed by atoms with Crippen LogP contribution in [0, 0.1) is 4.64 Å². The number of rotatable bonds is 3. The van der Waals surface area contributed by atoms with Gasteiger partial charge in [-0.3, -0.25) is 4.79 Å². The number of aromatic nitrogens is 1. The highest BCUT2D eigenvalue weighted by molar-refractivity contribution is 7.71. The molecule has 3 rings (SSSR count). The number of carbonyl (C=O) groups is 1. The first-order chi connectivity index (χ1) is 10.2. The molecule has 0 radical (unpaired) electrons. The molecule has 0 aliphatic heterocycles. The maximum Gasteiger partial charge on any atom is 0.254 e. The van der Waals surface area contributed by atoms with E-state index in [4.69, 9.17) is 12.2 Å². The summed E-state index contributed by atoms with van der Waals surface area (Å²) in [5.74, 6) is -0.153. The molecule has 1 amide bonds. The van der Waals surface area contributed by atoms with E-state index in [1.807, 2.05) is 19.1 Å². The second-order valence-corrected chi connectivity index (χ2v) is 6.11. The molecule has 3 aromatic rings. The summed E-state index contributed by atoms with van der Waals surface area (Å²) in [7, 11) is 0. The highest BCUT2D eigenvalue weighted by Crippen LogP contribution is 2.30. The summed E-state index contributed by atoms with van der Waals surface area (Å²) in [4.78, 5) is 15.2. The lowest BCUT2D eigenvalue weighted by atomic mass is 10.1. The molecular weight excluding hydrogens is 300 g/mol. The van der Waals surface area contributed by atoms with Gasteiger partial charge in [-0.2, -0.15) is 0 Å². The Morgan fingerprint density at radius 3 is 2.90 bits per heavy atom. The minimum Gasteiger partial charge on any atom is -0.352 e. The number of carbonyl (C=O) groups excluding carboxylic acids is 1. The third kappa shape index (κ3) is 2.75. The number of hydrogen-bond acceptors (Lipinski definition) is 3. The van der Waals surface area contributed by atoms with E-state index >= 15 is 0 Å². The Morgan fingerprint density at radius 1 is 1.29 bits per heavy atom. The van der Waals surface area contributed by atoms with Crippen molar-refractivity contribution in [1.29, 1.82) is 0 Å². The number of nitrogens with one attached hydrogen (secondary N) is 2. The molecule has 2 heterocycles. The molecule has 2 N–H and O–H groups in total. The fourth-order valence-corrected chi connectivity index (χ4v) is 3.57. The Kier molecular flexibility index (Phi) is 3.86. The molecule has 0 aliphatic rings. The standard InChI is InChI=1S/C16H14N2OS2/c1-10(13-9-21-14-7-3-2-5-11(13)14)18-15(19)12-6-4-8-17-16(12)20/h2-10H,1H3,(H,17,20)(H,18,19). The zero-order chi connectivity index (χ0) is 14.8. The molecule has 2 aromatic heterocycles. The van der Waals surface area contributed by atoms with Crippen molar-refractivity contribution in [2.45, 2.75) is 13.0 Å². The van der Waals surface area contributed by atoms with Gasteiger partial charge in [0.15, 0.2) is 0 Å². The van der Waals surface area contributed by atoms with Crippen LogP contribution in [-0.2, 0) is 0 Å². The fraction of sp³-hybridized carbons (Fsp3) is 0.125. The van der Waals surface area contributed by atoms with Crippen molar-refractivity contribution in [1.82, 2.24) is 10.3 Å². The zero-order valence-electron chi connectivity index (χ0n) is 11.4. The normalized spacial score (nSPS) is 12.2. The largest absolute Gasteiger partial charge is 0.352 e. The Hall–Kier alpha value is -1.98. The summed E-state index contributed by atoms with van der Waals surface area (Å²) < 4.78 is 1.68. The van der Waals surface area contributed by atoms with Crippen LogP contribution < -0.4 is 5.32 Å². The average molecular weight is 314 g/mol. The van der Waals surface area contributed by atoms with E-state index in [-0.39, 0.29) is 11.9 Å². The van der Waals surface area contributed by atoms with Gasteiger partial charge in [0.05, 0.1) is 11.6 Å². The van der Waals surface area contributed by atoms with Gasteiger partial charge < -0.3 is 10.3 Å². The second kappa shape index (κ2) is 5.79. The number of H-pyrrole nitrogens is 1. The van der Waals surface area contributed by atoms with Crippen LogP contribution in [0.4, 0.5) is 0 Å². The minimum absolute atomic E-state index is 0.0664. The third-order valence-electron chi connectivity index (χ3n) is 3.39. The highest BCUT2D eigenvalue weighted by atomic mass is 32.1. The summed E-state index contributed by atoms with van der Waals surface area (Å²) in [5, 5.41) is 6.30. The van der Waals surface area contributed by atoms with E-state index in [9.17, 15) is 4.79 Å². The van der Waals surface area contributed by atoms with E-state index in [0.717, 1.165) is 5.56 Å². The van der Waals surface area contributed by atoms with Crippen molar-refractivity contribution in [3.05, 3.63) is 63.7 Å². The molecule has 0 saturated carbocycles. The molecule has 3 nitrogen and oxygen atoms in total. The predicted molar refractivity (Wildman–Crippen MR) is 89.3 cm³/mol. The number of fused-ring (bicyclic) bond motifs is 1.